The summed E-state index contributed by atoms with van der Waals surface area (Å²) in [6, 6.07) is 10.9. The number of halogens is 2. The summed E-state index contributed by atoms with van der Waals surface area (Å²) in [5, 5.41) is 5.25. The average Bonchev–Trinajstić information content (AvgIpc) is 3.16. The summed E-state index contributed by atoms with van der Waals surface area (Å²) in [6.45, 7) is 12.0. The molecule has 0 unspecified atom stereocenters. The van der Waals surface area contributed by atoms with Gasteiger partial charge in [-0.2, -0.15) is 0 Å². The molecule has 3 aromatic rings. The van der Waals surface area contributed by atoms with E-state index in [-0.39, 0.29) is 12.5 Å². The molecule has 6 nitrogen and oxygen atoms in total. The van der Waals surface area contributed by atoms with E-state index in [0.29, 0.717) is 32.8 Å². The first-order valence-electron chi connectivity index (χ1n) is 11.0. The Morgan fingerprint density at radius 1 is 1.15 bits per heavy atom. The normalized spacial score (nSPS) is 11.6. The minimum atomic E-state index is -0.460. The maximum absolute atomic E-state index is 12.4. The third-order valence-corrected chi connectivity index (χ3v) is 5.99. The van der Waals surface area contributed by atoms with Gasteiger partial charge in [-0.3, -0.25) is 4.90 Å². The van der Waals surface area contributed by atoms with Crippen LogP contribution in [0.15, 0.2) is 40.9 Å². The second-order valence-corrected chi connectivity index (χ2v) is 10.2. The maximum Gasteiger partial charge on any atom is 0.414 e. The van der Waals surface area contributed by atoms with Crippen molar-refractivity contribution in [3.05, 3.63) is 63.3 Å². The summed E-state index contributed by atoms with van der Waals surface area (Å²) < 4.78 is 16.8. The maximum atomic E-state index is 12.4. The van der Waals surface area contributed by atoms with Crippen LogP contribution in [0.2, 0.25) is 10.0 Å². The predicted octanol–water partition coefficient (Wildman–Crippen LogP) is 8.03. The number of ether oxygens (including phenoxy) is 2. The molecular weight excluding hydrogens is 475 g/mol. The highest BCUT2D eigenvalue weighted by atomic mass is 35.5. The van der Waals surface area contributed by atoms with Gasteiger partial charge in [0, 0.05) is 17.0 Å². The Balaban J connectivity index is 1.94. The van der Waals surface area contributed by atoms with E-state index in [9.17, 15) is 4.79 Å². The van der Waals surface area contributed by atoms with E-state index >= 15 is 0 Å². The number of benzene rings is 2. The van der Waals surface area contributed by atoms with Crippen molar-refractivity contribution in [2.75, 3.05) is 12.0 Å². The van der Waals surface area contributed by atoms with Crippen molar-refractivity contribution in [2.24, 2.45) is 0 Å². The molecule has 3 rings (SSSR count). The fraction of sp³-hybridized carbons (Fsp3) is 0.385. The Morgan fingerprint density at radius 3 is 2.32 bits per heavy atom. The molecule has 1 amide bonds. The van der Waals surface area contributed by atoms with Gasteiger partial charge in [0.15, 0.2) is 0 Å². The SMILES string of the molecule is COC(=O)N(c1ccc(OCc2c(-c3c(Cl)cccc3Cl)noc2C(C)C)cc1C)C(C)(C)C. The first-order valence-corrected chi connectivity index (χ1v) is 11.8. The van der Waals surface area contributed by atoms with Gasteiger partial charge in [-0.25, -0.2) is 4.79 Å². The van der Waals surface area contributed by atoms with Gasteiger partial charge in [-0.15, -0.1) is 0 Å². The molecule has 0 N–H and O–H groups in total. The fourth-order valence-corrected chi connectivity index (χ4v) is 4.36. The van der Waals surface area contributed by atoms with Gasteiger partial charge < -0.3 is 14.0 Å². The van der Waals surface area contributed by atoms with Gasteiger partial charge >= 0.3 is 6.09 Å². The molecule has 0 aliphatic carbocycles. The minimum absolute atomic E-state index is 0.0885. The molecule has 1 aromatic heterocycles. The molecule has 34 heavy (non-hydrogen) atoms. The predicted molar refractivity (Wildman–Crippen MR) is 136 cm³/mol. The van der Waals surface area contributed by atoms with Crippen molar-refractivity contribution in [3.8, 4) is 17.0 Å². The number of methoxy groups -OCH3 is 1. The molecular formula is C26H30Cl2N2O4. The van der Waals surface area contributed by atoms with Gasteiger partial charge in [0.2, 0.25) is 0 Å². The van der Waals surface area contributed by atoms with Gasteiger partial charge in [-0.1, -0.05) is 48.3 Å². The Kier molecular flexibility index (Phi) is 7.84. The summed E-state index contributed by atoms with van der Waals surface area (Å²) in [4.78, 5) is 14.1. The Hall–Kier alpha value is -2.70. The molecule has 0 fully saturated rings. The largest absolute Gasteiger partial charge is 0.489 e. The third-order valence-electron chi connectivity index (χ3n) is 5.36. The van der Waals surface area contributed by atoms with Crippen LogP contribution in [-0.4, -0.2) is 23.9 Å². The molecule has 0 spiro atoms. The van der Waals surface area contributed by atoms with E-state index in [1.165, 1.54) is 7.11 Å². The molecule has 0 bridgehead atoms. The highest BCUT2D eigenvalue weighted by Gasteiger charge is 2.30. The van der Waals surface area contributed by atoms with Crippen LogP contribution in [0.4, 0.5) is 10.5 Å². The van der Waals surface area contributed by atoms with Crippen LogP contribution >= 0.6 is 23.2 Å². The lowest BCUT2D eigenvalue weighted by Crippen LogP contribution is -2.46. The number of rotatable bonds is 6. The molecule has 182 valence electrons. The zero-order valence-electron chi connectivity index (χ0n) is 20.5. The summed E-state index contributed by atoms with van der Waals surface area (Å²) in [5.74, 6) is 1.45. The molecule has 0 atom stereocenters. The van der Waals surface area contributed by atoms with E-state index in [4.69, 9.17) is 37.2 Å². The van der Waals surface area contributed by atoms with E-state index in [1.807, 2.05) is 59.7 Å². The van der Waals surface area contributed by atoms with Crippen molar-refractivity contribution < 1.29 is 18.8 Å². The lowest BCUT2D eigenvalue weighted by Gasteiger charge is -2.35. The molecule has 0 aliphatic rings. The highest BCUT2D eigenvalue weighted by Crippen LogP contribution is 2.39. The molecule has 1 heterocycles. The smallest absolute Gasteiger partial charge is 0.414 e. The van der Waals surface area contributed by atoms with Crippen molar-refractivity contribution in [3.63, 3.8) is 0 Å². The highest BCUT2D eigenvalue weighted by molar-refractivity contribution is 6.39. The average molecular weight is 505 g/mol. The minimum Gasteiger partial charge on any atom is -0.489 e. The Bertz CT molecular complexity index is 1160. The van der Waals surface area contributed by atoms with E-state index in [1.54, 1.807) is 23.1 Å². The van der Waals surface area contributed by atoms with Crippen molar-refractivity contribution >= 4 is 35.0 Å². The molecule has 2 aromatic carbocycles. The number of aryl methyl sites for hydroxylation is 1. The number of aromatic nitrogens is 1. The molecule has 8 heteroatoms. The van der Waals surface area contributed by atoms with Crippen LogP contribution in [0, 0.1) is 6.92 Å². The summed E-state index contributed by atoms with van der Waals surface area (Å²) >= 11 is 12.9. The van der Waals surface area contributed by atoms with Gasteiger partial charge in [0.1, 0.15) is 23.8 Å². The van der Waals surface area contributed by atoms with Crippen molar-refractivity contribution in [1.82, 2.24) is 5.16 Å². The fourth-order valence-electron chi connectivity index (χ4n) is 3.78. The van der Waals surface area contributed by atoms with Crippen LogP contribution in [0.1, 0.15) is 57.4 Å². The first kappa shape index (κ1) is 25.9. The topological polar surface area (TPSA) is 64.8 Å². The monoisotopic (exact) mass is 504 g/mol. The lowest BCUT2D eigenvalue weighted by atomic mass is 10.0. The Morgan fingerprint density at radius 2 is 1.79 bits per heavy atom. The van der Waals surface area contributed by atoms with Gasteiger partial charge in [0.05, 0.1) is 28.4 Å². The zero-order valence-corrected chi connectivity index (χ0v) is 22.0. The number of amides is 1. The van der Waals surface area contributed by atoms with Crippen LogP contribution in [0.3, 0.4) is 0 Å². The van der Waals surface area contributed by atoms with E-state index in [0.717, 1.165) is 16.8 Å². The molecule has 0 radical (unpaired) electrons. The standard InChI is InChI=1S/C26H30Cl2N2O4/c1-15(2)24-18(23(29-34-24)22-19(27)9-8-10-20(22)28)14-33-17-11-12-21(16(3)13-17)30(25(31)32-7)26(4,5)6/h8-13,15H,14H2,1-7H3. The second-order valence-electron chi connectivity index (χ2n) is 9.34. The lowest BCUT2D eigenvalue weighted by molar-refractivity contribution is 0.172. The molecule has 0 saturated carbocycles. The number of anilines is 1. The summed E-state index contributed by atoms with van der Waals surface area (Å²) in [6.07, 6.45) is -0.420. The Labute approximate surface area is 210 Å². The number of carbonyl (C=O) groups excluding carboxylic acids is 1. The number of hydrogen-bond acceptors (Lipinski definition) is 5. The van der Waals surface area contributed by atoms with Gasteiger partial charge in [0.25, 0.3) is 0 Å². The third kappa shape index (κ3) is 5.34. The number of nitrogens with zero attached hydrogens (tertiary/aromatic N) is 2. The van der Waals surface area contributed by atoms with Crippen LogP contribution in [-0.2, 0) is 11.3 Å². The molecule has 0 aliphatic heterocycles. The number of carbonyl (C=O) groups is 1. The summed E-state index contributed by atoms with van der Waals surface area (Å²) in [5.41, 5.74) is 3.14. The quantitative estimate of drug-likeness (QED) is 0.339. The van der Waals surface area contributed by atoms with E-state index < -0.39 is 11.6 Å². The van der Waals surface area contributed by atoms with Crippen molar-refractivity contribution in [2.45, 2.75) is 59.6 Å². The molecule has 0 saturated heterocycles. The van der Waals surface area contributed by atoms with Crippen LogP contribution in [0.5, 0.6) is 5.75 Å². The van der Waals surface area contributed by atoms with Gasteiger partial charge in [-0.05, 0) is 63.6 Å². The van der Waals surface area contributed by atoms with Crippen molar-refractivity contribution in [1.29, 1.82) is 0 Å². The summed E-state index contributed by atoms with van der Waals surface area (Å²) in [7, 11) is 1.38. The second kappa shape index (κ2) is 10.3. The van der Waals surface area contributed by atoms with Crippen LogP contribution < -0.4 is 9.64 Å². The number of hydrogen-bond donors (Lipinski definition) is 0. The zero-order chi connectivity index (χ0) is 25.2. The first-order chi connectivity index (χ1) is 16.0. The van der Waals surface area contributed by atoms with E-state index in [2.05, 4.69) is 5.16 Å². The van der Waals surface area contributed by atoms with Crippen LogP contribution in [0.25, 0.3) is 11.3 Å².